The summed E-state index contributed by atoms with van der Waals surface area (Å²) in [5.41, 5.74) is -1.61. The zero-order chi connectivity index (χ0) is 52.8. The van der Waals surface area contributed by atoms with Crippen LogP contribution in [0.5, 0.6) is 29.0 Å². The van der Waals surface area contributed by atoms with Crippen molar-refractivity contribution in [3.05, 3.63) is 136 Å². The number of rotatable bonds is 17. The predicted octanol–water partition coefficient (Wildman–Crippen LogP) is 11.3. The van der Waals surface area contributed by atoms with E-state index in [9.17, 15) is 8.78 Å². The van der Waals surface area contributed by atoms with Crippen molar-refractivity contribution in [2.75, 3.05) is 69.3 Å². The number of fused-ring (bicyclic) bond motifs is 1. The fraction of sp³-hybridized carbons (Fsp3) is 0.352. The Bertz CT molecular complexity index is 3180. The van der Waals surface area contributed by atoms with Crippen molar-refractivity contribution in [1.82, 2.24) is 29.8 Å². The van der Waals surface area contributed by atoms with E-state index >= 15 is 17.6 Å². The summed E-state index contributed by atoms with van der Waals surface area (Å²) >= 11 is 7.24. The van der Waals surface area contributed by atoms with Crippen LogP contribution in [0, 0.1) is 12.7 Å². The van der Waals surface area contributed by atoms with Gasteiger partial charge in [0.2, 0.25) is 0 Å². The Balaban J connectivity index is 1.12. The first kappa shape index (κ1) is 51.2. The Morgan fingerprint density at radius 3 is 2.03 bits per heavy atom. The highest BCUT2D eigenvalue weighted by Crippen LogP contribution is 2.52. The van der Waals surface area contributed by atoms with Gasteiger partial charge >= 0.3 is 12.2 Å². The van der Waals surface area contributed by atoms with Crippen LogP contribution in [0.3, 0.4) is 0 Å². The molecule has 6 heterocycles. The SMILES string of the molecule is COc1ccc(CNc2nccnc2[C@@H](C)N2CCOc3c(Cl)c(-c4nc(N(Cc5ccc(OC)cc5)Cc5ccc(OC)cc5)cc(C)c4C(F)(F)F)c(F)c4nc(OCC56CCN5CC(F)(F)C6)nc2c34)cc1. The first-order valence-electron chi connectivity index (χ1n) is 24.1. The van der Waals surface area contributed by atoms with E-state index in [-0.39, 0.29) is 61.2 Å². The second-order valence-electron chi connectivity index (χ2n) is 18.9. The second kappa shape index (κ2) is 20.4. The van der Waals surface area contributed by atoms with Gasteiger partial charge in [-0.15, -0.1) is 0 Å². The largest absolute Gasteiger partial charge is 0.497 e. The lowest BCUT2D eigenvalue weighted by molar-refractivity contribution is -0.137. The monoisotopic (exact) mass is 1060 g/mol. The number of anilines is 3. The van der Waals surface area contributed by atoms with Crippen LogP contribution in [0.1, 0.15) is 59.3 Å². The summed E-state index contributed by atoms with van der Waals surface area (Å²) in [6.07, 6.45) is -2.06. The molecule has 21 heteroatoms. The van der Waals surface area contributed by atoms with E-state index in [1.165, 1.54) is 39.6 Å². The number of pyridine rings is 1. The second-order valence-corrected chi connectivity index (χ2v) is 19.3. The number of alkyl halides is 5. The molecule has 0 bridgehead atoms. The summed E-state index contributed by atoms with van der Waals surface area (Å²) < 4.78 is 123. The van der Waals surface area contributed by atoms with Gasteiger partial charge in [0, 0.05) is 45.0 Å². The van der Waals surface area contributed by atoms with Gasteiger partial charge in [-0.05, 0) is 85.0 Å². The van der Waals surface area contributed by atoms with Gasteiger partial charge in [-0.2, -0.15) is 23.1 Å². The molecular formula is C54H52ClF6N9O5. The van der Waals surface area contributed by atoms with E-state index < -0.39 is 75.8 Å². The zero-order valence-electron chi connectivity index (χ0n) is 41.6. The lowest BCUT2D eigenvalue weighted by atomic mass is 9.85. The Hall–Kier alpha value is -7.32. The van der Waals surface area contributed by atoms with E-state index in [2.05, 4.69) is 20.3 Å². The molecule has 7 aromatic rings. The van der Waals surface area contributed by atoms with Crippen molar-refractivity contribution in [2.24, 2.45) is 0 Å². The van der Waals surface area contributed by atoms with Crippen LogP contribution in [-0.2, 0) is 25.8 Å². The summed E-state index contributed by atoms with van der Waals surface area (Å²) in [6, 6.07) is 22.1. The molecule has 392 valence electrons. The van der Waals surface area contributed by atoms with Crippen LogP contribution in [0.2, 0.25) is 5.02 Å². The summed E-state index contributed by atoms with van der Waals surface area (Å²) in [4.78, 5) is 28.5. The number of aryl methyl sites for hydroxylation is 1. The topological polar surface area (TPSA) is 132 Å². The van der Waals surface area contributed by atoms with Crippen LogP contribution in [0.25, 0.3) is 22.2 Å². The zero-order valence-corrected chi connectivity index (χ0v) is 42.3. The minimum atomic E-state index is -5.06. The smallest absolute Gasteiger partial charge is 0.418 e. The van der Waals surface area contributed by atoms with Crippen molar-refractivity contribution >= 4 is 40.0 Å². The standard InChI is InChI=1S/C54H52ClF6N9O5/c1-31-24-39(68(26-34-8-14-37(72-4)15-9-34)27-35-10-16-38(73-5)17-11-35)65-46(42(31)54(59,60)61)40-43(55)48-41-47(44(40)56)66-51(75-30-52-18-21-69(52)29-53(57,58)28-52)67-50(41)70(22-23-74-48)32(2)45-49(63-20-19-62-45)64-25-33-6-12-36(71-3)13-7-33/h6-17,19-20,24,32H,18,21-23,25-30H2,1-5H3,(H,63,64)/t32-,52?/m1/s1. The minimum Gasteiger partial charge on any atom is -0.497 e. The molecule has 0 amide bonds. The van der Waals surface area contributed by atoms with Gasteiger partial charge in [0.1, 0.15) is 59.1 Å². The molecule has 14 nitrogen and oxygen atoms in total. The number of halogens is 7. The molecule has 2 fully saturated rings. The van der Waals surface area contributed by atoms with Gasteiger partial charge in [-0.1, -0.05) is 48.0 Å². The van der Waals surface area contributed by atoms with Gasteiger partial charge in [0.05, 0.1) is 73.2 Å². The van der Waals surface area contributed by atoms with Crippen molar-refractivity contribution in [3.8, 4) is 40.3 Å². The molecular weight excluding hydrogens is 1000 g/mol. The molecule has 3 aliphatic rings. The third-order valence-electron chi connectivity index (χ3n) is 14.1. The number of benzene rings is 4. The van der Waals surface area contributed by atoms with Gasteiger partial charge in [0.25, 0.3) is 5.92 Å². The summed E-state index contributed by atoms with van der Waals surface area (Å²) in [6.45, 7) is 3.47. The van der Waals surface area contributed by atoms with Crippen LogP contribution in [0.15, 0.2) is 91.3 Å². The average molecular weight is 1060 g/mol. The molecule has 2 atom stereocenters. The van der Waals surface area contributed by atoms with Crippen LogP contribution in [-0.4, -0.2) is 95.5 Å². The first-order chi connectivity index (χ1) is 36.0. The first-order valence-corrected chi connectivity index (χ1v) is 24.5. The number of methoxy groups -OCH3 is 3. The number of hydrogen-bond donors (Lipinski definition) is 1. The van der Waals surface area contributed by atoms with Crippen molar-refractivity contribution in [3.63, 3.8) is 0 Å². The molecule has 0 saturated carbocycles. The molecule has 10 rings (SSSR count). The lowest BCUT2D eigenvalue weighted by Crippen LogP contribution is -2.59. The summed E-state index contributed by atoms with van der Waals surface area (Å²) in [5, 5.41) is 2.79. The van der Waals surface area contributed by atoms with Crippen molar-refractivity contribution in [1.29, 1.82) is 0 Å². The molecule has 1 unspecified atom stereocenters. The van der Waals surface area contributed by atoms with Crippen LogP contribution < -0.4 is 38.8 Å². The molecule has 0 aliphatic carbocycles. The normalized spacial score (nSPS) is 17.4. The maximum absolute atomic E-state index is 18.2. The van der Waals surface area contributed by atoms with Crippen LogP contribution >= 0.6 is 11.6 Å². The molecule has 2 saturated heterocycles. The fourth-order valence-corrected chi connectivity index (χ4v) is 10.5. The maximum atomic E-state index is 18.2. The highest BCUT2D eigenvalue weighted by Gasteiger charge is 2.60. The molecule has 4 aromatic carbocycles. The Morgan fingerprint density at radius 2 is 1.45 bits per heavy atom. The number of hydrogen-bond acceptors (Lipinski definition) is 14. The number of nitrogens with one attached hydrogen (secondary N) is 1. The van der Waals surface area contributed by atoms with E-state index in [1.807, 2.05) is 55.5 Å². The van der Waals surface area contributed by atoms with Gasteiger partial charge in [0.15, 0.2) is 11.6 Å². The Morgan fingerprint density at radius 1 is 0.840 bits per heavy atom. The highest BCUT2D eigenvalue weighted by atomic mass is 35.5. The van der Waals surface area contributed by atoms with E-state index in [4.69, 9.17) is 45.3 Å². The van der Waals surface area contributed by atoms with Crippen LogP contribution in [0.4, 0.5) is 43.8 Å². The summed E-state index contributed by atoms with van der Waals surface area (Å²) in [7, 11) is 4.66. The molecule has 0 spiro atoms. The fourth-order valence-electron chi connectivity index (χ4n) is 10.2. The number of ether oxygens (including phenoxy) is 5. The lowest BCUT2D eigenvalue weighted by Gasteiger charge is -2.46. The molecule has 0 radical (unpaired) electrons. The summed E-state index contributed by atoms with van der Waals surface area (Å²) in [5.74, 6) is -1.97. The van der Waals surface area contributed by atoms with Crippen molar-refractivity contribution < 1.29 is 50.0 Å². The Kier molecular flexibility index (Phi) is 13.9. The van der Waals surface area contributed by atoms with E-state index in [0.29, 0.717) is 48.3 Å². The van der Waals surface area contributed by atoms with Gasteiger partial charge in [-0.25, -0.2) is 23.1 Å². The Labute approximate surface area is 433 Å². The predicted molar refractivity (Wildman–Crippen MR) is 271 cm³/mol. The van der Waals surface area contributed by atoms with E-state index in [1.54, 1.807) is 46.1 Å². The third-order valence-corrected chi connectivity index (χ3v) is 14.5. The molecule has 3 aliphatic heterocycles. The maximum Gasteiger partial charge on any atom is 0.418 e. The highest BCUT2D eigenvalue weighted by molar-refractivity contribution is 6.36. The molecule has 75 heavy (non-hydrogen) atoms. The average Bonchev–Trinajstić information content (AvgIpc) is 3.49. The van der Waals surface area contributed by atoms with Gasteiger partial charge in [-0.3, -0.25) is 9.88 Å². The van der Waals surface area contributed by atoms with Crippen molar-refractivity contribution in [2.45, 2.75) is 70.0 Å². The third kappa shape index (κ3) is 10.2. The van der Waals surface area contributed by atoms with Gasteiger partial charge < -0.3 is 38.8 Å². The number of nitrogens with zero attached hydrogens (tertiary/aromatic N) is 8. The quantitative estimate of drug-likeness (QED) is 0.0868. The molecule has 1 N–H and O–H groups in total. The minimum absolute atomic E-state index is 0.0490. The van der Waals surface area contributed by atoms with E-state index in [0.717, 1.165) is 16.7 Å². The molecule has 3 aromatic heterocycles. The number of aromatic nitrogens is 5.